The van der Waals surface area contributed by atoms with E-state index in [2.05, 4.69) is 12.1 Å². The number of nitrogens with two attached hydrogens (primary N) is 1. The van der Waals surface area contributed by atoms with Gasteiger partial charge >= 0.3 is 0 Å². The van der Waals surface area contributed by atoms with E-state index in [0.717, 1.165) is 33.5 Å². The summed E-state index contributed by atoms with van der Waals surface area (Å²) in [6.07, 6.45) is 6.26. The molecule has 24 heavy (non-hydrogen) atoms. The van der Waals surface area contributed by atoms with Crippen molar-refractivity contribution in [2.75, 3.05) is 12.4 Å². The van der Waals surface area contributed by atoms with Gasteiger partial charge in [0.05, 0.1) is 11.2 Å². The Bertz CT molecular complexity index is 865. The van der Waals surface area contributed by atoms with E-state index >= 15 is 0 Å². The molecule has 0 spiro atoms. The van der Waals surface area contributed by atoms with Crippen LogP contribution in [0.5, 0.6) is 0 Å². The third-order valence-corrected chi connectivity index (χ3v) is 5.05. The molecule has 0 bridgehead atoms. The molecule has 0 saturated heterocycles. The van der Waals surface area contributed by atoms with E-state index in [1.807, 2.05) is 19.1 Å². The van der Waals surface area contributed by atoms with Crippen molar-refractivity contribution in [2.45, 2.75) is 51.6 Å². The normalized spacial score (nSPS) is 16.2. The van der Waals surface area contributed by atoms with Crippen molar-refractivity contribution in [2.24, 2.45) is 0 Å². The standard InChI is InChI=1S/C19H24N4O/c1-2-24-12-16-22-18-17(13-8-4-3-5-9-13)21-15-11-7-6-10-14(15)19(18)23(16)20/h6-7,10-11,13H,2-5,8-9,12,20H2,1H3. The summed E-state index contributed by atoms with van der Waals surface area (Å²) in [6, 6.07) is 8.20. The van der Waals surface area contributed by atoms with E-state index in [4.69, 9.17) is 20.5 Å². The van der Waals surface area contributed by atoms with Crippen molar-refractivity contribution in [3.8, 4) is 0 Å². The maximum atomic E-state index is 6.39. The van der Waals surface area contributed by atoms with E-state index in [0.29, 0.717) is 19.1 Å². The molecule has 3 aromatic rings. The highest BCUT2D eigenvalue weighted by molar-refractivity contribution is 6.03. The molecule has 1 aliphatic rings. The fourth-order valence-electron chi connectivity index (χ4n) is 3.82. The average Bonchev–Trinajstić information content (AvgIpc) is 2.97. The van der Waals surface area contributed by atoms with Gasteiger partial charge in [0, 0.05) is 17.9 Å². The smallest absolute Gasteiger partial charge is 0.154 e. The minimum Gasteiger partial charge on any atom is -0.374 e. The number of nitrogen functional groups attached to an aromatic ring is 1. The molecule has 0 atom stereocenters. The number of aromatic nitrogens is 3. The van der Waals surface area contributed by atoms with Gasteiger partial charge in [-0.05, 0) is 25.8 Å². The first kappa shape index (κ1) is 15.4. The second kappa shape index (κ2) is 6.40. The highest BCUT2D eigenvalue weighted by Crippen LogP contribution is 2.37. The van der Waals surface area contributed by atoms with Gasteiger partial charge in [0.1, 0.15) is 17.6 Å². The molecule has 2 N–H and O–H groups in total. The van der Waals surface area contributed by atoms with Crippen LogP contribution >= 0.6 is 0 Å². The summed E-state index contributed by atoms with van der Waals surface area (Å²) in [5.41, 5.74) is 4.05. The van der Waals surface area contributed by atoms with E-state index in [9.17, 15) is 0 Å². The van der Waals surface area contributed by atoms with Gasteiger partial charge in [0.15, 0.2) is 5.82 Å². The summed E-state index contributed by atoms with van der Waals surface area (Å²) in [6.45, 7) is 3.06. The van der Waals surface area contributed by atoms with Crippen LogP contribution in [0.25, 0.3) is 21.9 Å². The lowest BCUT2D eigenvalue weighted by atomic mass is 9.86. The van der Waals surface area contributed by atoms with Crippen LogP contribution in [0, 0.1) is 0 Å². The molecule has 0 aliphatic heterocycles. The monoisotopic (exact) mass is 324 g/mol. The van der Waals surface area contributed by atoms with E-state index in [-0.39, 0.29) is 0 Å². The Balaban J connectivity index is 1.95. The molecule has 2 heterocycles. The minimum absolute atomic E-state index is 0.431. The van der Waals surface area contributed by atoms with Crippen LogP contribution in [0.2, 0.25) is 0 Å². The first-order chi connectivity index (χ1) is 11.8. The minimum atomic E-state index is 0.431. The second-order valence-electron chi connectivity index (χ2n) is 6.58. The van der Waals surface area contributed by atoms with Crippen LogP contribution in [-0.4, -0.2) is 21.3 Å². The molecule has 1 aliphatic carbocycles. The number of rotatable bonds is 4. The molecule has 1 saturated carbocycles. The molecule has 4 rings (SSSR count). The molecular weight excluding hydrogens is 300 g/mol. The highest BCUT2D eigenvalue weighted by Gasteiger charge is 2.24. The molecule has 2 aromatic heterocycles. The summed E-state index contributed by atoms with van der Waals surface area (Å²) in [7, 11) is 0. The Morgan fingerprint density at radius 3 is 2.75 bits per heavy atom. The van der Waals surface area contributed by atoms with Crippen LogP contribution in [0.15, 0.2) is 24.3 Å². The molecule has 0 unspecified atom stereocenters. The van der Waals surface area contributed by atoms with Crippen LogP contribution in [-0.2, 0) is 11.3 Å². The predicted molar refractivity (Wildman–Crippen MR) is 96.3 cm³/mol. The molecule has 5 nitrogen and oxygen atoms in total. The number of nitrogens with zero attached hydrogens (tertiary/aromatic N) is 3. The maximum absolute atomic E-state index is 6.39. The summed E-state index contributed by atoms with van der Waals surface area (Å²) in [5, 5.41) is 1.06. The number of hydrogen-bond acceptors (Lipinski definition) is 4. The van der Waals surface area contributed by atoms with E-state index < -0.39 is 0 Å². The third kappa shape index (κ3) is 2.53. The number of hydrogen-bond donors (Lipinski definition) is 1. The first-order valence-electron chi connectivity index (χ1n) is 8.92. The van der Waals surface area contributed by atoms with Crippen LogP contribution in [0.1, 0.15) is 56.5 Å². The zero-order chi connectivity index (χ0) is 16.5. The zero-order valence-electron chi connectivity index (χ0n) is 14.2. The van der Waals surface area contributed by atoms with Crippen molar-refractivity contribution in [1.29, 1.82) is 0 Å². The van der Waals surface area contributed by atoms with Crippen LogP contribution < -0.4 is 5.84 Å². The van der Waals surface area contributed by atoms with Gasteiger partial charge < -0.3 is 10.6 Å². The quantitative estimate of drug-likeness (QED) is 0.740. The van der Waals surface area contributed by atoms with Crippen molar-refractivity contribution in [1.82, 2.24) is 14.6 Å². The molecule has 1 aromatic carbocycles. The van der Waals surface area contributed by atoms with E-state index in [1.54, 1.807) is 4.68 Å². The lowest BCUT2D eigenvalue weighted by Crippen LogP contribution is -2.14. The van der Waals surface area contributed by atoms with Gasteiger partial charge in [-0.15, -0.1) is 0 Å². The summed E-state index contributed by atoms with van der Waals surface area (Å²) < 4.78 is 7.24. The van der Waals surface area contributed by atoms with Crippen molar-refractivity contribution in [3.63, 3.8) is 0 Å². The molecule has 1 fully saturated rings. The molecule has 5 heteroatoms. The van der Waals surface area contributed by atoms with Crippen LogP contribution in [0.3, 0.4) is 0 Å². The largest absolute Gasteiger partial charge is 0.374 e. The number of fused-ring (bicyclic) bond motifs is 3. The van der Waals surface area contributed by atoms with Gasteiger partial charge in [-0.2, -0.15) is 0 Å². The Kier molecular flexibility index (Phi) is 4.10. The van der Waals surface area contributed by atoms with Gasteiger partial charge in [0.25, 0.3) is 0 Å². The highest BCUT2D eigenvalue weighted by atomic mass is 16.5. The lowest BCUT2D eigenvalue weighted by molar-refractivity contribution is 0.127. The Morgan fingerprint density at radius 1 is 1.17 bits per heavy atom. The number of benzene rings is 1. The third-order valence-electron chi connectivity index (χ3n) is 5.05. The zero-order valence-corrected chi connectivity index (χ0v) is 14.2. The number of ether oxygens (including phenoxy) is 1. The Hall–Kier alpha value is -2.14. The molecule has 0 amide bonds. The summed E-state index contributed by atoms with van der Waals surface area (Å²) in [5.74, 6) is 7.64. The number of pyridine rings is 1. The summed E-state index contributed by atoms with van der Waals surface area (Å²) >= 11 is 0. The molecular formula is C19H24N4O. The van der Waals surface area contributed by atoms with Gasteiger partial charge in [-0.3, -0.25) is 4.98 Å². The van der Waals surface area contributed by atoms with Gasteiger partial charge in [-0.25, -0.2) is 9.66 Å². The van der Waals surface area contributed by atoms with Gasteiger partial charge in [0.2, 0.25) is 0 Å². The fourth-order valence-corrected chi connectivity index (χ4v) is 3.82. The summed E-state index contributed by atoms with van der Waals surface area (Å²) in [4.78, 5) is 9.82. The fraction of sp³-hybridized carbons (Fsp3) is 0.474. The lowest BCUT2D eigenvalue weighted by Gasteiger charge is -2.21. The van der Waals surface area contributed by atoms with Crippen molar-refractivity contribution >= 4 is 21.9 Å². The molecule has 126 valence electrons. The Morgan fingerprint density at radius 2 is 1.96 bits per heavy atom. The Labute approximate surface area is 141 Å². The maximum Gasteiger partial charge on any atom is 0.154 e. The van der Waals surface area contributed by atoms with E-state index in [1.165, 1.54) is 32.1 Å². The SMILES string of the molecule is CCOCc1nc2c(C3CCCCC3)nc3ccccc3c2n1N. The average molecular weight is 324 g/mol. The van der Waals surface area contributed by atoms with Crippen LogP contribution in [0.4, 0.5) is 0 Å². The number of para-hydroxylation sites is 1. The van der Waals surface area contributed by atoms with Crippen molar-refractivity contribution < 1.29 is 4.74 Å². The number of imidazole rings is 1. The topological polar surface area (TPSA) is 66.0 Å². The predicted octanol–water partition coefficient (Wildman–Crippen LogP) is 3.88. The van der Waals surface area contributed by atoms with Gasteiger partial charge in [-0.1, -0.05) is 37.5 Å². The van der Waals surface area contributed by atoms with Crippen molar-refractivity contribution in [3.05, 3.63) is 35.8 Å². The second-order valence-corrected chi connectivity index (χ2v) is 6.58. The first-order valence-corrected chi connectivity index (χ1v) is 8.92. The molecule has 0 radical (unpaired) electrons.